The van der Waals surface area contributed by atoms with E-state index < -0.39 is 0 Å². The summed E-state index contributed by atoms with van der Waals surface area (Å²) in [6.07, 6.45) is 2.63. The van der Waals surface area contributed by atoms with Crippen LogP contribution in [0.25, 0.3) is 22.0 Å². The Labute approximate surface area is 111 Å². The molecule has 0 fully saturated rings. The second-order valence-corrected chi connectivity index (χ2v) is 4.75. The topological polar surface area (TPSA) is 62.1 Å². The summed E-state index contributed by atoms with van der Waals surface area (Å²) in [6, 6.07) is 6.25. The fraction of sp³-hybridized carbons (Fsp3) is 0.267. The molecule has 0 radical (unpaired) electrons. The van der Waals surface area contributed by atoms with Crippen molar-refractivity contribution in [3.8, 4) is 11.1 Å². The Kier molecular flexibility index (Phi) is 2.87. The van der Waals surface area contributed by atoms with Crippen LogP contribution in [0, 0.1) is 13.8 Å². The molecule has 4 nitrogen and oxygen atoms in total. The van der Waals surface area contributed by atoms with E-state index in [2.05, 4.69) is 28.3 Å². The summed E-state index contributed by atoms with van der Waals surface area (Å²) < 4.78 is 5.21. The lowest BCUT2D eigenvalue weighted by atomic mass is 10.0. The predicted molar refractivity (Wildman–Crippen MR) is 74.1 cm³/mol. The molecule has 0 amide bonds. The summed E-state index contributed by atoms with van der Waals surface area (Å²) in [6.45, 7) is 4.03. The van der Waals surface area contributed by atoms with Gasteiger partial charge in [-0.3, -0.25) is 0 Å². The number of benzene rings is 1. The molecule has 0 saturated carbocycles. The van der Waals surface area contributed by atoms with Crippen molar-refractivity contribution in [2.24, 2.45) is 0 Å². The fourth-order valence-corrected chi connectivity index (χ4v) is 2.56. The van der Waals surface area contributed by atoms with E-state index in [-0.39, 0.29) is 6.61 Å². The molecule has 0 atom stereocenters. The molecular formula is C15H16N2O2. The number of aliphatic hydroxyl groups is 1. The number of aromatic nitrogens is 2. The summed E-state index contributed by atoms with van der Waals surface area (Å²) >= 11 is 0. The second-order valence-electron chi connectivity index (χ2n) is 4.75. The number of aryl methyl sites for hydroxylation is 2. The molecular weight excluding hydrogens is 240 g/mol. The van der Waals surface area contributed by atoms with Crippen LogP contribution in [0.4, 0.5) is 0 Å². The van der Waals surface area contributed by atoms with Gasteiger partial charge in [-0.25, -0.2) is 0 Å². The third-order valence-corrected chi connectivity index (χ3v) is 3.47. The minimum atomic E-state index is 0.165. The summed E-state index contributed by atoms with van der Waals surface area (Å²) in [4.78, 5) is 3.25. The standard InChI is InChI=1S/C15H16N2O2/c1-9-15(10(2)19-17-9)11-3-4-13-12(5-6-18)8-16-14(13)7-11/h3-4,7-8,16,18H,5-6H2,1-2H3. The lowest BCUT2D eigenvalue weighted by Crippen LogP contribution is -1.88. The van der Waals surface area contributed by atoms with Gasteiger partial charge in [0.2, 0.25) is 0 Å². The minimum Gasteiger partial charge on any atom is -0.396 e. The van der Waals surface area contributed by atoms with Crippen LogP contribution in [0.1, 0.15) is 17.0 Å². The van der Waals surface area contributed by atoms with Crippen LogP contribution in [-0.2, 0) is 6.42 Å². The molecule has 19 heavy (non-hydrogen) atoms. The maximum atomic E-state index is 9.04. The Morgan fingerprint density at radius 3 is 2.84 bits per heavy atom. The van der Waals surface area contributed by atoms with Crippen LogP contribution in [0.15, 0.2) is 28.9 Å². The average molecular weight is 256 g/mol. The highest BCUT2D eigenvalue weighted by atomic mass is 16.5. The van der Waals surface area contributed by atoms with Crippen molar-refractivity contribution in [3.05, 3.63) is 41.4 Å². The number of hydrogen-bond acceptors (Lipinski definition) is 3. The lowest BCUT2D eigenvalue weighted by molar-refractivity contribution is 0.300. The van der Waals surface area contributed by atoms with Gasteiger partial charge in [-0.1, -0.05) is 17.3 Å². The smallest absolute Gasteiger partial charge is 0.141 e. The van der Waals surface area contributed by atoms with Gasteiger partial charge in [0.05, 0.1) is 5.69 Å². The molecule has 2 aromatic heterocycles. The van der Waals surface area contributed by atoms with Gasteiger partial charge in [0.15, 0.2) is 0 Å². The molecule has 0 aliphatic carbocycles. The van der Waals surface area contributed by atoms with E-state index in [0.29, 0.717) is 6.42 Å². The third kappa shape index (κ3) is 1.94. The molecule has 4 heteroatoms. The Morgan fingerprint density at radius 1 is 1.32 bits per heavy atom. The van der Waals surface area contributed by atoms with Crippen molar-refractivity contribution >= 4 is 10.9 Å². The van der Waals surface area contributed by atoms with E-state index in [9.17, 15) is 0 Å². The molecule has 0 aliphatic rings. The maximum absolute atomic E-state index is 9.04. The monoisotopic (exact) mass is 256 g/mol. The molecule has 98 valence electrons. The quantitative estimate of drug-likeness (QED) is 0.757. The second kappa shape index (κ2) is 4.55. The minimum absolute atomic E-state index is 0.165. The van der Waals surface area contributed by atoms with Crippen LogP contribution in [0.3, 0.4) is 0 Å². The summed E-state index contributed by atoms with van der Waals surface area (Å²) in [5, 5.41) is 14.2. The first kappa shape index (κ1) is 12.0. The number of nitrogens with zero attached hydrogens (tertiary/aromatic N) is 1. The summed E-state index contributed by atoms with van der Waals surface area (Å²) in [5.41, 5.74) is 5.27. The van der Waals surface area contributed by atoms with Gasteiger partial charge in [-0.05, 0) is 37.5 Å². The molecule has 0 spiro atoms. The van der Waals surface area contributed by atoms with Gasteiger partial charge in [0.1, 0.15) is 5.76 Å². The Balaban J connectivity index is 2.13. The van der Waals surface area contributed by atoms with E-state index in [4.69, 9.17) is 9.63 Å². The predicted octanol–water partition coefficient (Wildman–Crippen LogP) is 2.97. The zero-order chi connectivity index (χ0) is 13.4. The van der Waals surface area contributed by atoms with Gasteiger partial charge >= 0.3 is 0 Å². The first-order chi connectivity index (χ1) is 9.20. The van der Waals surface area contributed by atoms with Crippen LogP contribution in [0.5, 0.6) is 0 Å². The van der Waals surface area contributed by atoms with Crippen molar-refractivity contribution < 1.29 is 9.63 Å². The highest BCUT2D eigenvalue weighted by Gasteiger charge is 2.12. The van der Waals surface area contributed by atoms with Crippen molar-refractivity contribution in [2.75, 3.05) is 6.61 Å². The number of aromatic amines is 1. The molecule has 0 unspecified atom stereocenters. The summed E-state index contributed by atoms with van der Waals surface area (Å²) in [7, 11) is 0. The van der Waals surface area contributed by atoms with Crippen LogP contribution >= 0.6 is 0 Å². The van der Waals surface area contributed by atoms with E-state index in [1.807, 2.05) is 20.0 Å². The van der Waals surface area contributed by atoms with Crippen molar-refractivity contribution in [2.45, 2.75) is 20.3 Å². The normalized spacial score (nSPS) is 11.3. The Bertz CT molecular complexity index is 705. The average Bonchev–Trinajstić information content (AvgIpc) is 2.94. The third-order valence-electron chi connectivity index (χ3n) is 3.47. The van der Waals surface area contributed by atoms with E-state index in [0.717, 1.165) is 39.0 Å². The van der Waals surface area contributed by atoms with Crippen LogP contribution in [-0.4, -0.2) is 21.9 Å². The fourth-order valence-electron chi connectivity index (χ4n) is 2.56. The van der Waals surface area contributed by atoms with E-state index >= 15 is 0 Å². The molecule has 0 saturated heterocycles. The number of rotatable bonds is 3. The molecule has 2 N–H and O–H groups in total. The Hall–Kier alpha value is -2.07. The molecule has 3 rings (SSSR count). The van der Waals surface area contributed by atoms with Crippen LogP contribution in [0.2, 0.25) is 0 Å². The van der Waals surface area contributed by atoms with E-state index in [1.54, 1.807) is 0 Å². The molecule has 0 aliphatic heterocycles. The van der Waals surface area contributed by atoms with Gasteiger partial charge in [-0.15, -0.1) is 0 Å². The molecule has 0 bridgehead atoms. The van der Waals surface area contributed by atoms with Crippen LogP contribution < -0.4 is 0 Å². The van der Waals surface area contributed by atoms with Crippen molar-refractivity contribution in [3.63, 3.8) is 0 Å². The SMILES string of the molecule is Cc1noc(C)c1-c1ccc2c(CCO)c[nH]c2c1. The van der Waals surface area contributed by atoms with Crippen molar-refractivity contribution in [1.82, 2.24) is 10.1 Å². The van der Waals surface area contributed by atoms with Gasteiger partial charge < -0.3 is 14.6 Å². The highest BCUT2D eigenvalue weighted by Crippen LogP contribution is 2.30. The number of nitrogens with one attached hydrogen (secondary N) is 1. The number of hydrogen-bond donors (Lipinski definition) is 2. The zero-order valence-electron chi connectivity index (χ0n) is 11.0. The van der Waals surface area contributed by atoms with Gasteiger partial charge in [0, 0.05) is 29.3 Å². The Morgan fingerprint density at radius 2 is 2.16 bits per heavy atom. The molecule has 2 heterocycles. The van der Waals surface area contributed by atoms with E-state index in [1.165, 1.54) is 0 Å². The first-order valence-corrected chi connectivity index (χ1v) is 6.35. The maximum Gasteiger partial charge on any atom is 0.141 e. The number of H-pyrrole nitrogens is 1. The van der Waals surface area contributed by atoms with Gasteiger partial charge in [0.25, 0.3) is 0 Å². The van der Waals surface area contributed by atoms with Crippen molar-refractivity contribution in [1.29, 1.82) is 0 Å². The number of aliphatic hydroxyl groups excluding tert-OH is 1. The first-order valence-electron chi connectivity index (χ1n) is 6.35. The molecule has 1 aromatic carbocycles. The summed E-state index contributed by atoms with van der Waals surface area (Å²) in [5.74, 6) is 0.832. The van der Waals surface area contributed by atoms with Gasteiger partial charge in [-0.2, -0.15) is 0 Å². The highest BCUT2D eigenvalue weighted by molar-refractivity contribution is 5.88. The molecule has 3 aromatic rings. The number of fused-ring (bicyclic) bond motifs is 1. The zero-order valence-corrected chi connectivity index (χ0v) is 11.0. The lowest BCUT2D eigenvalue weighted by Gasteiger charge is -2.02. The largest absolute Gasteiger partial charge is 0.396 e.